The molecule has 1 aromatic carbocycles. The Balaban J connectivity index is 0.000000875. The third kappa shape index (κ3) is 7.86. The molecule has 31 heavy (non-hydrogen) atoms. The van der Waals surface area contributed by atoms with Crippen LogP contribution in [-0.2, 0) is 29.6 Å². The largest absolute Gasteiger partial charge is 0.509 e. The Morgan fingerprint density at radius 3 is 1.48 bits per heavy atom. The maximum atomic E-state index is 10.7. The summed E-state index contributed by atoms with van der Waals surface area (Å²) in [7, 11) is 0. The van der Waals surface area contributed by atoms with Gasteiger partial charge in [-0.3, -0.25) is 9.98 Å². The molecule has 2 N–H and O–H groups in total. The Bertz CT molecular complexity index is 779. The van der Waals surface area contributed by atoms with Crippen molar-refractivity contribution in [1.29, 1.82) is 0 Å². The second-order valence-electron chi connectivity index (χ2n) is 8.34. The van der Waals surface area contributed by atoms with Crippen molar-refractivity contribution in [2.75, 3.05) is 13.2 Å². The van der Waals surface area contributed by atoms with Crippen LogP contribution in [0.2, 0.25) is 0 Å². The minimum absolute atomic E-state index is 0. The number of halogens is 3. The van der Waals surface area contributed by atoms with E-state index < -0.39 is 12.5 Å². The van der Waals surface area contributed by atoms with Gasteiger partial charge >= 0.3 is 6.18 Å². The van der Waals surface area contributed by atoms with E-state index in [2.05, 4.69) is 63.7 Å². The van der Waals surface area contributed by atoms with Crippen LogP contribution >= 0.6 is 0 Å². The van der Waals surface area contributed by atoms with Gasteiger partial charge in [0, 0.05) is 20.1 Å². The summed E-state index contributed by atoms with van der Waals surface area (Å²) in [4.78, 5) is 9.32. The zero-order chi connectivity index (χ0) is 22.2. The Kier molecular flexibility index (Phi) is 9.93. The number of aryl methyl sites for hydroxylation is 2. The Morgan fingerprint density at radius 2 is 1.26 bits per heavy atom. The van der Waals surface area contributed by atoms with Crippen molar-refractivity contribution in [3.05, 3.63) is 41.8 Å². The van der Waals surface area contributed by atoms with Gasteiger partial charge in [-0.2, -0.15) is 13.2 Å². The summed E-state index contributed by atoms with van der Waals surface area (Å²) in [5.41, 5.74) is 3.67. The molecule has 0 saturated heterocycles. The van der Waals surface area contributed by atoms with Crippen LogP contribution in [0.1, 0.15) is 49.9 Å². The molecule has 0 saturated carbocycles. The second kappa shape index (κ2) is 10.4. The molecule has 0 unspecified atom stereocenters. The van der Waals surface area contributed by atoms with Crippen LogP contribution in [0, 0.1) is 27.3 Å². The van der Waals surface area contributed by atoms with Crippen molar-refractivity contribution < 1.29 is 53.0 Å². The molecule has 0 spiro atoms. The first-order valence-electron chi connectivity index (χ1n) is 9.04. The SMILES string of the molecule is Cc1cc(C)c(C2=NC(C)(C)CO2)[c-]c1C1=NC(C)(C)CO1.OC(O)C(F)(F)F.[CH3-].[Ir]. The number of rotatable bonds is 2. The number of aliphatic hydroxyl groups excluding tert-OH is 1. The summed E-state index contributed by atoms with van der Waals surface area (Å²) >= 11 is 0. The summed E-state index contributed by atoms with van der Waals surface area (Å²) in [6.45, 7) is 13.6. The summed E-state index contributed by atoms with van der Waals surface area (Å²) < 4.78 is 43.6. The number of aliphatic hydroxyl groups is 2. The van der Waals surface area contributed by atoms with Crippen LogP contribution in [0.5, 0.6) is 0 Å². The van der Waals surface area contributed by atoms with Gasteiger partial charge < -0.3 is 27.1 Å². The van der Waals surface area contributed by atoms with Crippen LogP contribution < -0.4 is 0 Å². The molecule has 0 bridgehead atoms. The van der Waals surface area contributed by atoms with E-state index in [0.29, 0.717) is 25.0 Å². The first-order chi connectivity index (χ1) is 13.1. The molecule has 179 valence electrons. The Hall–Kier alpha value is -1.48. The molecule has 0 atom stereocenters. The van der Waals surface area contributed by atoms with Crippen LogP contribution in [0.4, 0.5) is 13.2 Å². The van der Waals surface area contributed by atoms with E-state index >= 15 is 0 Å². The molecular formula is C21H29F3IrN2O4-2. The maximum Gasteiger partial charge on any atom is 0.439 e. The third-order valence-electron chi connectivity index (χ3n) is 4.12. The van der Waals surface area contributed by atoms with Crippen molar-refractivity contribution in [1.82, 2.24) is 0 Å². The van der Waals surface area contributed by atoms with E-state index in [1.807, 2.05) is 0 Å². The van der Waals surface area contributed by atoms with Gasteiger partial charge in [0.2, 0.25) is 0 Å². The molecular weight excluding hydrogens is 593 g/mol. The average Bonchev–Trinajstić information content (AvgIpc) is 3.09. The first kappa shape index (κ1) is 29.5. The topological polar surface area (TPSA) is 83.6 Å². The molecule has 10 heteroatoms. The van der Waals surface area contributed by atoms with Gasteiger partial charge in [0.15, 0.2) is 0 Å². The van der Waals surface area contributed by atoms with E-state index in [1.165, 1.54) is 0 Å². The molecule has 1 radical (unpaired) electrons. The average molecular weight is 623 g/mol. The standard InChI is InChI=1S/C18H23N2O2.C2H3F3O2.CH3.Ir/c1-11-7-12(2)14(16-20-18(5,6)10-22-16)8-13(11)15-19-17(3,4)9-21-15;3-2(4,5)1(6)7;;/h7H,9-10H2,1-6H3;1,6-7H;1H3;/q-1;;-1;. The zero-order valence-electron chi connectivity index (χ0n) is 18.6. The molecule has 0 amide bonds. The molecule has 0 aromatic heterocycles. The molecule has 6 nitrogen and oxygen atoms in total. The summed E-state index contributed by atoms with van der Waals surface area (Å²) in [6, 6.07) is 5.55. The molecule has 0 aliphatic carbocycles. The quantitative estimate of drug-likeness (QED) is 0.391. The van der Waals surface area contributed by atoms with Gasteiger partial charge in [0.1, 0.15) is 25.0 Å². The fraction of sp³-hybridized carbons (Fsp3) is 0.571. The Labute approximate surface area is 194 Å². The molecule has 0 fully saturated rings. The smallest absolute Gasteiger partial charge is 0.439 e. The van der Waals surface area contributed by atoms with Crippen LogP contribution in [0.25, 0.3) is 0 Å². The molecule has 2 aliphatic rings. The minimum atomic E-state index is -4.89. The fourth-order valence-corrected chi connectivity index (χ4v) is 2.66. The van der Waals surface area contributed by atoms with Gasteiger partial charge in [-0.25, -0.2) is 0 Å². The molecule has 2 heterocycles. The number of alkyl halides is 3. The van der Waals surface area contributed by atoms with Crippen molar-refractivity contribution in [2.24, 2.45) is 9.98 Å². The number of ether oxygens (including phenoxy) is 2. The predicted octanol–water partition coefficient (Wildman–Crippen LogP) is 3.52. The van der Waals surface area contributed by atoms with Gasteiger partial charge in [-0.05, 0) is 27.7 Å². The maximum absolute atomic E-state index is 10.7. The fourth-order valence-electron chi connectivity index (χ4n) is 2.66. The van der Waals surface area contributed by atoms with Crippen LogP contribution in [-0.4, -0.2) is 58.8 Å². The third-order valence-corrected chi connectivity index (χ3v) is 4.12. The number of hydrogen-bond acceptors (Lipinski definition) is 6. The van der Waals surface area contributed by atoms with Crippen molar-refractivity contribution in [3.8, 4) is 0 Å². The number of nitrogens with zero attached hydrogens (tertiary/aromatic N) is 2. The second-order valence-corrected chi connectivity index (χ2v) is 8.34. The van der Waals surface area contributed by atoms with Crippen molar-refractivity contribution >= 4 is 11.8 Å². The zero-order valence-corrected chi connectivity index (χ0v) is 21.0. The van der Waals surface area contributed by atoms with E-state index in [9.17, 15) is 13.2 Å². The first-order valence-corrected chi connectivity index (χ1v) is 9.04. The van der Waals surface area contributed by atoms with E-state index in [1.54, 1.807) is 0 Å². The van der Waals surface area contributed by atoms with Gasteiger partial charge in [0.05, 0.1) is 11.1 Å². The van der Waals surface area contributed by atoms with Gasteiger partial charge in [-0.1, -0.05) is 25.0 Å². The van der Waals surface area contributed by atoms with E-state index in [4.69, 9.17) is 19.7 Å². The normalized spacial score (nSPS) is 18.5. The van der Waals surface area contributed by atoms with Crippen LogP contribution in [0.3, 0.4) is 0 Å². The minimum Gasteiger partial charge on any atom is -0.509 e. The number of hydrogen-bond donors (Lipinski definition) is 2. The van der Waals surface area contributed by atoms with Gasteiger partial charge in [0.25, 0.3) is 6.29 Å². The summed E-state index contributed by atoms with van der Waals surface area (Å²) in [6.07, 6.45) is -8.09. The summed E-state index contributed by atoms with van der Waals surface area (Å²) in [5, 5.41) is 14.6. The van der Waals surface area contributed by atoms with Crippen molar-refractivity contribution in [3.63, 3.8) is 0 Å². The van der Waals surface area contributed by atoms with Gasteiger partial charge in [-0.15, -0.1) is 23.3 Å². The monoisotopic (exact) mass is 623 g/mol. The molecule has 2 aliphatic heterocycles. The van der Waals surface area contributed by atoms with Crippen LogP contribution in [0.15, 0.2) is 16.1 Å². The summed E-state index contributed by atoms with van der Waals surface area (Å²) in [5.74, 6) is 1.34. The number of aliphatic imine (C=N–C) groups is 2. The van der Waals surface area contributed by atoms with E-state index in [-0.39, 0.29) is 38.6 Å². The predicted molar refractivity (Wildman–Crippen MR) is 109 cm³/mol. The number of benzene rings is 1. The Morgan fingerprint density at radius 1 is 0.935 bits per heavy atom. The van der Waals surface area contributed by atoms with Crippen molar-refractivity contribution in [2.45, 2.75) is 65.1 Å². The van der Waals surface area contributed by atoms with E-state index in [0.717, 1.165) is 22.3 Å². The molecule has 3 rings (SSSR count). The molecule has 1 aromatic rings.